The van der Waals surface area contributed by atoms with Gasteiger partial charge in [0.05, 0.1) is 5.92 Å². The average Bonchev–Trinajstić information content (AvgIpc) is 2.83. The maximum absolute atomic E-state index is 9.80. The van der Waals surface area contributed by atoms with Crippen LogP contribution in [-0.4, -0.2) is 0 Å². The molecule has 0 amide bonds. The van der Waals surface area contributed by atoms with Gasteiger partial charge in [-0.25, -0.2) is 0 Å². The standard InChI is InChI=1S/C27H20N2O2/c28-16-24-25(20-10-13-21(14-11-20)30-17-18-6-2-1-3-7-18)23-15-12-19-8-4-5-9-22(19)26(23)31-27(24)29/h1-15,25H,17,29H2. The molecular weight excluding hydrogens is 384 g/mol. The first-order valence-corrected chi connectivity index (χ1v) is 10.1. The molecule has 5 rings (SSSR count). The van der Waals surface area contributed by atoms with E-state index in [0.717, 1.165) is 33.2 Å². The van der Waals surface area contributed by atoms with Gasteiger partial charge in [-0.3, -0.25) is 0 Å². The van der Waals surface area contributed by atoms with Crippen molar-refractivity contribution in [3.8, 4) is 17.6 Å². The molecule has 4 aromatic carbocycles. The summed E-state index contributed by atoms with van der Waals surface area (Å²) in [6.45, 7) is 0.503. The van der Waals surface area contributed by atoms with E-state index in [4.69, 9.17) is 15.2 Å². The van der Waals surface area contributed by atoms with E-state index in [2.05, 4.69) is 12.1 Å². The van der Waals surface area contributed by atoms with Gasteiger partial charge >= 0.3 is 0 Å². The minimum atomic E-state index is -0.290. The summed E-state index contributed by atoms with van der Waals surface area (Å²) in [7, 11) is 0. The molecule has 4 nitrogen and oxygen atoms in total. The van der Waals surface area contributed by atoms with Crippen LogP contribution in [0.25, 0.3) is 10.8 Å². The molecule has 0 radical (unpaired) electrons. The number of rotatable bonds is 4. The number of nitrogens with two attached hydrogens (primary N) is 1. The second kappa shape index (κ2) is 7.89. The molecule has 0 aromatic heterocycles. The van der Waals surface area contributed by atoms with E-state index >= 15 is 0 Å². The average molecular weight is 404 g/mol. The molecule has 150 valence electrons. The van der Waals surface area contributed by atoms with Gasteiger partial charge in [0.15, 0.2) is 0 Å². The van der Waals surface area contributed by atoms with E-state index in [0.29, 0.717) is 17.9 Å². The van der Waals surface area contributed by atoms with Gasteiger partial charge < -0.3 is 15.2 Å². The van der Waals surface area contributed by atoms with Gasteiger partial charge in [-0.1, -0.05) is 78.9 Å². The minimum absolute atomic E-state index is 0.153. The summed E-state index contributed by atoms with van der Waals surface area (Å²) in [5.41, 5.74) is 9.60. The van der Waals surface area contributed by atoms with E-state index in [1.807, 2.05) is 84.9 Å². The fourth-order valence-corrected chi connectivity index (χ4v) is 4.03. The lowest BCUT2D eigenvalue weighted by atomic mass is 9.82. The van der Waals surface area contributed by atoms with Crippen LogP contribution in [0, 0.1) is 11.3 Å². The van der Waals surface area contributed by atoms with Crippen molar-refractivity contribution < 1.29 is 9.47 Å². The number of nitrogens with zero attached hydrogens (tertiary/aromatic N) is 1. The van der Waals surface area contributed by atoms with Crippen molar-refractivity contribution in [3.63, 3.8) is 0 Å². The van der Waals surface area contributed by atoms with Gasteiger partial charge in [-0.05, 0) is 28.6 Å². The molecule has 4 heteroatoms. The highest BCUT2D eigenvalue weighted by Gasteiger charge is 2.31. The van der Waals surface area contributed by atoms with E-state index < -0.39 is 0 Å². The van der Waals surface area contributed by atoms with Gasteiger partial charge in [0.1, 0.15) is 29.7 Å². The van der Waals surface area contributed by atoms with Crippen LogP contribution in [0.15, 0.2) is 102 Å². The molecule has 0 spiro atoms. The Morgan fingerprint density at radius 2 is 1.61 bits per heavy atom. The molecule has 2 N–H and O–H groups in total. The number of allylic oxidation sites excluding steroid dienone is 1. The lowest BCUT2D eigenvalue weighted by Gasteiger charge is -2.27. The van der Waals surface area contributed by atoms with Crippen LogP contribution in [0.1, 0.15) is 22.6 Å². The molecule has 1 aliphatic heterocycles. The zero-order chi connectivity index (χ0) is 21.2. The van der Waals surface area contributed by atoms with Crippen LogP contribution < -0.4 is 15.2 Å². The zero-order valence-corrected chi connectivity index (χ0v) is 16.8. The third-order valence-corrected chi connectivity index (χ3v) is 5.57. The molecule has 1 unspecified atom stereocenters. The molecule has 0 bridgehead atoms. The van der Waals surface area contributed by atoms with Crippen LogP contribution >= 0.6 is 0 Å². The SMILES string of the molecule is N#CC1=C(N)Oc2c(ccc3ccccc23)C1c1ccc(OCc2ccccc2)cc1. The quantitative estimate of drug-likeness (QED) is 0.478. The third-order valence-electron chi connectivity index (χ3n) is 5.57. The Hall–Kier alpha value is -4.23. The first kappa shape index (κ1) is 18.8. The molecule has 4 aromatic rings. The topological polar surface area (TPSA) is 68.3 Å². The Bertz CT molecular complexity index is 1320. The van der Waals surface area contributed by atoms with Crippen molar-refractivity contribution >= 4 is 10.8 Å². The summed E-state index contributed by atoms with van der Waals surface area (Å²) in [5.74, 6) is 1.35. The zero-order valence-electron chi connectivity index (χ0n) is 16.8. The van der Waals surface area contributed by atoms with Gasteiger partial charge in [0, 0.05) is 10.9 Å². The largest absolute Gasteiger partial charge is 0.489 e. The number of fused-ring (bicyclic) bond motifs is 3. The number of benzene rings is 4. The predicted octanol–water partition coefficient (Wildman–Crippen LogP) is 5.64. The smallest absolute Gasteiger partial charge is 0.205 e. The first-order valence-electron chi connectivity index (χ1n) is 10.1. The summed E-state index contributed by atoms with van der Waals surface area (Å²) in [4.78, 5) is 0. The third kappa shape index (κ3) is 3.47. The van der Waals surface area contributed by atoms with Crippen LogP contribution in [-0.2, 0) is 6.61 Å². The highest BCUT2D eigenvalue weighted by molar-refractivity contribution is 5.90. The second-order valence-corrected chi connectivity index (χ2v) is 7.47. The van der Waals surface area contributed by atoms with E-state index in [-0.39, 0.29) is 11.8 Å². The highest BCUT2D eigenvalue weighted by Crippen LogP contribution is 2.45. The lowest BCUT2D eigenvalue weighted by Crippen LogP contribution is -2.21. The summed E-state index contributed by atoms with van der Waals surface area (Å²) in [6.07, 6.45) is 0. The Labute approximate surface area is 180 Å². The number of ether oxygens (including phenoxy) is 2. The van der Waals surface area contributed by atoms with E-state index in [1.165, 1.54) is 0 Å². The van der Waals surface area contributed by atoms with Crippen molar-refractivity contribution in [1.29, 1.82) is 5.26 Å². The first-order chi connectivity index (χ1) is 15.2. The number of hydrogen-bond acceptors (Lipinski definition) is 4. The summed E-state index contributed by atoms with van der Waals surface area (Å²) in [5, 5.41) is 11.9. The van der Waals surface area contributed by atoms with Gasteiger partial charge in [0.2, 0.25) is 5.88 Å². The second-order valence-electron chi connectivity index (χ2n) is 7.47. The van der Waals surface area contributed by atoms with E-state index in [1.54, 1.807) is 0 Å². The van der Waals surface area contributed by atoms with Gasteiger partial charge in [-0.2, -0.15) is 5.26 Å². The molecule has 0 fully saturated rings. The summed E-state index contributed by atoms with van der Waals surface area (Å²) in [6, 6.07) is 32.2. The summed E-state index contributed by atoms with van der Waals surface area (Å²) >= 11 is 0. The lowest BCUT2D eigenvalue weighted by molar-refractivity contribution is 0.306. The van der Waals surface area contributed by atoms with Gasteiger partial charge in [0.25, 0.3) is 0 Å². The van der Waals surface area contributed by atoms with Crippen molar-refractivity contribution in [3.05, 3.63) is 119 Å². The van der Waals surface area contributed by atoms with Crippen molar-refractivity contribution in [2.24, 2.45) is 5.73 Å². The van der Waals surface area contributed by atoms with Crippen molar-refractivity contribution in [2.75, 3.05) is 0 Å². The Morgan fingerprint density at radius 3 is 2.39 bits per heavy atom. The minimum Gasteiger partial charge on any atom is -0.489 e. The molecule has 1 heterocycles. The molecule has 0 saturated carbocycles. The molecule has 31 heavy (non-hydrogen) atoms. The number of hydrogen-bond donors (Lipinski definition) is 1. The Balaban J connectivity index is 1.50. The molecule has 1 aliphatic rings. The van der Waals surface area contributed by atoms with Crippen LogP contribution in [0.3, 0.4) is 0 Å². The Morgan fingerprint density at radius 1 is 0.871 bits per heavy atom. The fraction of sp³-hybridized carbons (Fsp3) is 0.0741. The Kier molecular flexibility index (Phi) is 4.78. The fourth-order valence-electron chi connectivity index (χ4n) is 4.03. The van der Waals surface area contributed by atoms with Crippen LogP contribution in [0.4, 0.5) is 0 Å². The maximum Gasteiger partial charge on any atom is 0.205 e. The summed E-state index contributed by atoms with van der Waals surface area (Å²) < 4.78 is 11.8. The van der Waals surface area contributed by atoms with Crippen molar-refractivity contribution in [2.45, 2.75) is 12.5 Å². The molecule has 0 aliphatic carbocycles. The van der Waals surface area contributed by atoms with E-state index in [9.17, 15) is 5.26 Å². The van der Waals surface area contributed by atoms with Gasteiger partial charge in [-0.15, -0.1) is 0 Å². The molecular formula is C27H20N2O2. The predicted molar refractivity (Wildman–Crippen MR) is 120 cm³/mol. The normalized spacial score (nSPS) is 15.1. The monoisotopic (exact) mass is 404 g/mol. The van der Waals surface area contributed by atoms with Crippen LogP contribution in [0.2, 0.25) is 0 Å². The maximum atomic E-state index is 9.80. The molecule has 1 atom stereocenters. The van der Waals surface area contributed by atoms with Crippen LogP contribution in [0.5, 0.6) is 11.5 Å². The van der Waals surface area contributed by atoms with Crippen molar-refractivity contribution in [1.82, 2.24) is 0 Å². The number of nitriles is 1. The molecule has 0 saturated heterocycles. The highest BCUT2D eigenvalue weighted by atomic mass is 16.5.